The maximum Gasteiger partial charge on any atom is 0.330 e. The van der Waals surface area contributed by atoms with Crippen LogP contribution < -0.4 is 0 Å². The van der Waals surface area contributed by atoms with Crippen molar-refractivity contribution in [2.45, 2.75) is 52.5 Å². The van der Waals surface area contributed by atoms with Crippen LogP contribution in [0.2, 0.25) is 0 Å². The summed E-state index contributed by atoms with van der Waals surface area (Å²) in [5, 5.41) is 0. The average Bonchev–Trinajstić information content (AvgIpc) is 2.57. The third-order valence-corrected chi connectivity index (χ3v) is 3.11. The van der Waals surface area contributed by atoms with Gasteiger partial charge in [0.05, 0.1) is 0 Å². The van der Waals surface area contributed by atoms with Crippen LogP contribution in [0, 0.1) is 5.92 Å². The van der Waals surface area contributed by atoms with Gasteiger partial charge in [0.2, 0.25) is 5.91 Å². The Morgan fingerprint density at radius 2 is 2.25 bits per heavy atom. The molecule has 2 atom stereocenters. The molecule has 0 aromatic carbocycles. The van der Waals surface area contributed by atoms with Gasteiger partial charge in [-0.25, -0.2) is 4.79 Å². The molecule has 0 aromatic heterocycles. The summed E-state index contributed by atoms with van der Waals surface area (Å²) in [6, 6.07) is -0.408. The molecular formula is C12H21NO3. The van der Waals surface area contributed by atoms with Crippen LogP contribution in [0.4, 0.5) is 0 Å². The molecule has 0 N–H and O–H groups in total. The second-order valence-corrected chi connectivity index (χ2v) is 4.56. The van der Waals surface area contributed by atoms with Crippen LogP contribution in [0.5, 0.6) is 0 Å². The van der Waals surface area contributed by atoms with Crippen LogP contribution in [-0.2, 0) is 14.3 Å². The summed E-state index contributed by atoms with van der Waals surface area (Å²) in [4.78, 5) is 24.4. The van der Waals surface area contributed by atoms with Gasteiger partial charge in [0, 0.05) is 6.42 Å². The molecule has 0 radical (unpaired) electrons. The largest absolute Gasteiger partial charge is 0.443 e. The lowest BCUT2D eigenvalue weighted by molar-refractivity contribution is -0.139. The number of rotatable bonds is 5. The summed E-state index contributed by atoms with van der Waals surface area (Å²) in [5.74, 6) is 0.305. The molecule has 1 rings (SSSR count). The smallest absolute Gasteiger partial charge is 0.330 e. The standard InChI is InChI=1S/C12H21NO3/c1-4-5-9(2)6-7-11(14)13-8-16-12(15)10(13)3/h9-10H,4-8H2,1-3H3/t9?,10-/m1/s1. The number of hydrogen-bond acceptors (Lipinski definition) is 3. The van der Waals surface area contributed by atoms with E-state index in [1.807, 2.05) is 0 Å². The van der Waals surface area contributed by atoms with Crippen LogP contribution in [0.3, 0.4) is 0 Å². The van der Waals surface area contributed by atoms with E-state index in [-0.39, 0.29) is 18.6 Å². The van der Waals surface area contributed by atoms with Crippen molar-refractivity contribution in [3.05, 3.63) is 0 Å². The monoisotopic (exact) mass is 227 g/mol. The summed E-state index contributed by atoms with van der Waals surface area (Å²) >= 11 is 0. The van der Waals surface area contributed by atoms with Gasteiger partial charge in [0.15, 0.2) is 6.73 Å². The van der Waals surface area contributed by atoms with Crippen molar-refractivity contribution in [1.82, 2.24) is 4.90 Å². The van der Waals surface area contributed by atoms with E-state index in [9.17, 15) is 9.59 Å². The average molecular weight is 227 g/mol. The summed E-state index contributed by atoms with van der Waals surface area (Å²) in [7, 11) is 0. The fraction of sp³-hybridized carbons (Fsp3) is 0.833. The van der Waals surface area contributed by atoms with Gasteiger partial charge in [0.1, 0.15) is 6.04 Å². The SMILES string of the molecule is CCCC(C)CCC(=O)N1COC(=O)[C@H]1C. The first-order valence-electron chi connectivity index (χ1n) is 6.02. The fourth-order valence-corrected chi connectivity index (χ4v) is 1.93. The summed E-state index contributed by atoms with van der Waals surface area (Å²) in [6.45, 7) is 6.14. The minimum atomic E-state index is -0.408. The van der Waals surface area contributed by atoms with E-state index in [4.69, 9.17) is 4.74 Å². The van der Waals surface area contributed by atoms with Crippen molar-refractivity contribution in [3.63, 3.8) is 0 Å². The molecule has 1 heterocycles. The normalized spacial score (nSPS) is 22.1. The zero-order valence-corrected chi connectivity index (χ0v) is 10.4. The van der Waals surface area contributed by atoms with E-state index in [0.29, 0.717) is 12.3 Å². The molecule has 0 aliphatic carbocycles. The molecule has 16 heavy (non-hydrogen) atoms. The minimum Gasteiger partial charge on any atom is -0.443 e. The zero-order valence-electron chi connectivity index (χ0n) is 10.4. The first-order chi connectivity index (χ1) is 7.56. The molecule has 1 unspecified atom stereocenters. The molecule has 1 saturated heterocycles. The van der Waals surface area contributed by atoms with Gasteiger partial charge in [-0.1, -0.05) is 26.7 Å². The number of carbonyl (C=O) groups excluding carboxylic acids is 2. The van der Waals surface area contributed by atoms with Crippen LogP contribution in [0.25, 0.3) is 0 Å². The van der Waals surface area contributed by atoms with Gasteiger partial charge in [-0.3, -0.25) is 9.69 Å². The molecule has 0 aromatic rings. The number of esters is 1. The molecule has 1 aliphatic heterocycles. The van der Waals surface area contributed by atoms with E-state index in [1.54, 1.807) is 6.92 Å². The number of ether oxygens (including phenoxy) is 1. The lowest BCUT2D eigenvalue weighted by Crippen LogP contribution is -2.36. The highest BCUT2D eigenvalue weighted by atomic mass is 16.6. The van der Waals surface area contributed by atoms with Crippen LogP contribution in [0.1, 0.15) is 46.5 Å². The van der Waals surface area contributed by atoms with Crippen molar-refractivity contribution in [2.24, 2.45) is 5.92 Å². The molecule has 1 fully saturated rings. The van der Waals surface area contributed by atoms with Crippen molar-refractivity contribution < 1.29 is 14.3 Å². The van der Waals surface area contributed by atoms with Gasteiger partial charge >= 0.3 is 5.97 Å². The number of cyclic esters (lactones) is 1. The molecule has 1 amide bonds. The Morgan fingerprint density at radius 3 is 2.75 bits per heavy atom. The number of carbonyl (C=O) groups is 2. The quantitative estimate of drug-likeness (QED) is 0.674. The highest BCUT2D eigenvalue weighted by Gasteiger charge is 2.33. The van der Waals surface area contributed by atoms with Crippen LogP contribution in [0.15, 0.2) is 0 Å². The number of amides is 1. The zero-order chi connectivity index (χ0) is 12.1. The molecule has 4 heteroatoms. The number of hydrogen-bond donors (Lipinski definition) is 0. The molecule has 92 valence electrons. The van der Waals surface area contributed by atoms with Gasteiger partial charge in [0.25, 0.3) is 0 Å². The Kier molecular flexibility index (Phi) is 4.77. The fourth-order valence-electron chi connectivity index (χ4n) is 1.93. The van der Waals surface area contributed by atoms with E-state index in [0.717, 1.165) is 19.3 Å². The predicted octanol–water partition coefficient (Wildman–Crippen LogP) is 1.93. The third kappa shape index (κ3) is 3.22. The highest BCUT2D eigenvalue weighted by molar-refractivity contribution is 5.86. The maximum absolute atomic E-state index is 11.8. The molecule has 0 spiro atoms. The Balaban J connectivity index is 2.33. The van der Waals surface area contributed by atoms with Gasteiger partial charge in [-0.05, 0) is 19.3 Å². The van der Waals surface area contributed by atoms with E-state index >= 15 is 0 Å². The third-order valence-electron chi connectivity index (χ3n) is 3.11. The van der Waals surface area contributed by atoms with Crippen molar-refractivity contribution in [1.29, 1.82) is 0 Å². The Bertz CT molecular complexity index is 265. The Hall–Kier alpha value is -1.06. The first-order valence-corrected chi connectivity index (χ1v) is 6.02. The summed E-state index contributed by atoms with van der Waals surface area (Å²) < 4.78 is 4.82. The molecule has 4 nitrogen and oxygen atoms in total. The van der Waals surface area contributed by atoms with Gasteiger partial charge in [-0.15, -0.1) is 0 Å². The predicted molar refractivity (Wildman–Crippen MR) is 60.6 cm³/mol. The first kappa shape index (κ1) is 13.0. The summed E-state index contributed by atoms with van der Waals surface area (Å²) in [5.41, 5.74) is 0. The molecular weight excluding hydrogens is 206 g/mol. The van der Waals surface area contributed by atoms with Crippen molar-refractivity contribution in [3.8, 4) is 0 Å². The highest BCUT2D eigenvalue weighted by Crippen LogP contribution is 2.17. The molecule has 1 aliphatic rings. The van der Waals surface area contributed by atoms with Crippen LogP contribution in [-0.4, -0.2) is 29.5 Å². The second-order valence-electron chi connectivity index (χ2n) is 4.56. The van der Waals surface area contributed by atoms with Crippen molar-refractivity contribution >= 4 is 11.9 Å². The van der Waals surface area contributed by atoms with E-state index in [2.05, 4.69) is 13.8 Å². The van der Waals surface area contributed by atoms with E-state index < -0.39 is 6.04 Å². The van der Waals surface area contributed by atoms with Crippen LogP contribution >= 0.6 is 0 Å². The molecule has 0 bridgehead atoms. The van der Waals surface area contributed by atoms with E-state index in [1.165, 1.54) is 4.90 Å². The Morgan fingerprint density at radius 1 is 1.56 bits per heavy atom. The maximum atomic E-state index is 11.8. The van der Waals surface area contributed by atoms with Crippen molar-refractivity contribution in [2.75, 3.05) is 6.73 Å². The lowest BCUT2D eigenvalue weighted by atomic mass is 10.00. The summed E-state index contributed by atoms with van der Waals surface area (Å²) in [6.07, 6.45) is 3.71. The molecule has 0 saturated carbocycles. The topological polar surface area (TPSA) is 46.6 Å². The lowest BCUT2D eigenvalue weighted by Gasteiger charge is -2.18. The van der Waals surface area contributed by atoms with Gasteiger partial charge in [-0.2, -0.15) is 0 Å². The second kappa shape index (κ2) is 5.87. The van der Waals surface area contributed by atoms with Gasteiger partial charge < -0.3 is 4.74 Å². The Labute approximate surface area is 96.9 Å². The minimum absolute atomic E-state index is 0.0290. The number of nitrogens with zero attached hydrogens (tertiary/aromatic N) is 1.